The number of likely N-dealkylation sites (tertiary alicyclic amines) is 1. The van der Waals surface area contributed by atoms with E-state index in [0.29, 0.717) is 18.6 Å². The number of likely N-dealkylation sites (N-methyl/N-ethyl adjacent to an activating group) is 1. The van der Waals surface area contributed by atoms with Crippen molar-refractivity contribution >= 4 is 11.4 Å². The van der Waals surface area contributed by atoms with Gasteiger partial charge in [0.05, 0.1) is 22.4 Å². The lowest BCUT2D eigenvalue weighted by molar-refractivity contribution is -0.160. The van der Waals surface area contributed by atoms with Gasteiger partial charge in [0, 0.05) is 11.6 Å². The lowest BCUT2D eigenvalue weighted by Gasteiger charge is -2.62. The molecule has 2 aromatic rings. The summed E-state index contributed by atoms with van der Waals surface area (Å²) in [4.78, 5) is 2.29. The van der Waals surface area contributed by atoms with Crippen molar-refractivity contribution in [1.29, 1.82) is 0 Å². The van der Waals surface area contributed by atoms with Crippen LogP contribution in [-0.4, -0.2) is 52.2 Å². The second-order valence-corrected chi connectivity index (χ2v) is 8.87. The SMILES string of the molecule is CN1CC[C@]23c4c5ccc(O)c4O[C@H]2C(=NNc2ccccc2)CC[C@@]3(O)[C@H]1C5. The lowest BCUT2D eigenvalue weighted by Crippen LogP contribution is -2.76. The van der Waals surface area contributed by atoms with Crippen molar-refractivity contribution in [3.63, 3.8) is 0 Å². The van der Waals surface area contributed by atoms with E-state index in [1.807, 2.05) is 36.4 Å². The Kier molecular flexibility index (Phi) is 3.42. The Hall–Kier alpha value is -2.57. The molecule has 0 radical (unpaired) electrons. The maximum absolute atomic E-state index is 12.1. The van der Waals surface area contributed by atoms with Gasteiger partial charge < -0.3 is 19.8 Å². The van der Waals surface area contributed by atoms with E-state index < -0.39 is 11.0 Å². The summed E-state index contributed by atoms with van der Waals surface area (Å²) in [6.45, 7) is 0.890. The van der Waals surface area contributed by atoms with Crippen LogP contribution >= 0.6 is 0 Å². The highest BCUT2D eigenvalue weighted by Gasteiger charge is 2.72. The second kappa shape index (κ2) is 5.74. The number of para-hydroxylation sites is 1. The van der Waals surface area contributed by atoms with Gasteiger partial charge >= 0.3 is 0 Å². The zero-order chi connectivity index (χ0) is 19.8. The average Bonchev–Trinajstić information content (AvgIpc) is 3.08. The molecule has 29 heavy (non-hydrogen) atoms. The fourth-order valence-electron chi connectivity index (χ4n) is 6.32. The van der Waals surface area contributed by atoms with E-state index in [-0.39, 0.29) is 17.9 Å². The van der Waals surface area contributed by atoms with Crippen LogP contribution in [0.15, 0.2) is 47.6 Å². The predicted octanol–water partition coefficient (Wildman–Crippen LogP) is 2.64. The third-order valence-electron chi connectivity index (χ3n) is 7.65. The first-order chi connectivity index (χ1) is 14.0. The lowest BCUT2D eigenvalue weighted by atomic mass is 9.49. The first-order valence-corrected chi connectivity index (χ1v) is 10.4. The Morgan fingerprint density at radius 1 is 1.17 bits per heavy atom. The highest BCUT2D eigenvalue weighted by atomic mass is 16.5. The molecule has 1 spiro atoms. The Labute approximate surface area is 169 Å². The molecule has 2 bridgehead atoms. The van der Waals surface area contributed by atoms with Gasteiger partial charge in [-0.05, 0) is 63.0 Å². The van der Waals surface area contributed by atoms with Crippen molar-refractivity contribution in [1.82, 2.24) is 4.90 Å². The molecule has 6 nitrogen and oxygen atoms in total. The van der Waals surface area contributed by atoms with Crippen LogP contribution in [0.4, 0.5) is 5.69 Å². The molecule has 0 aromatic heterocycles. The Morgan fingerprint density at radius 3 is 2.83 bits per heavy atom. The Balaban J connectivity index is 1.51. The van der Waals surface area contributed by atoms with E-state index in [2.05, 4.69) is 17.4 Å². The molecule has 6 heteroatoms. The fourth-order valence-corrected chi connectivity index (χ4v) is 6.32. The highest BCUT2D eigenvalue weighted by Crippen LogP contribution is 2.64. The van der Waals surface area contributed by atoms with Crippen LogP contribution in [0.2, 0.25) is 0 Å². The summed E-state index contributed by atoms with van der Waals surface area (Å²) in [5, 5.41) is 27.4. The Bertz CT molecular complexity index is 1020. The second-order valence-electron chi connectivity index (χ2n) is 8.87. The molecule has 6 rings (SSSR count). The summed E-state index contributed by atoms with van der Waals surface area (Å²) < 4.78 is 6.41. The molecule has 2 aliphatic heterocycles. The summed E-state index contributed by atoms with van der Waals surface area (Å²) in [6, 6.07) is 13.6. The molecule has 150 valence electrons. The molecule has 2 aromatic carbocycles. The number of nitrogens with zero attached hydrogens (tertiary/aromatic N) is 2. The van der Waals surface area contributed by atoms with Crippen LogP contribution in [0, 0.1) is 0 Å². The van der Waals surface area contributed by atoms with E-state index in [4.69, 9.17) is 9.84 Å². The van der Waals surface area contributed by atoms with E-state index in [0.717, 1.165) is 36.3 Å². The standard InChI is InChI=1S/C23H25N3O3/c1-26-12-11-22-19-14-7-8-17(27)20(19)29-21(22)16(9-10-23(22,28)18(26)13-14)25-24-15-5-3-2-4-6-15/h2-8,18,21,24,27-28H,9-13H2,1H3/t18-,21+,22+,23-/m1/s1. The van der Waals surface area contributed by atoms with Crippen molar-refractivity contribution in [3.05, 3.63) is 53.6 Å². The minimum absolute atomic E-state index is 0.0500. The van der Waals surface area contributed by atoms with Gasteiger partial charge in [-0.3, -0.25) is 5.43 Å². The topological polar surface area (TPSA) is 77.3 Å². The molecular weight excluding hydrogens is 366 g/mol. The number of ether oxygens (including phenoxy) is 1. The first-order valence-electron chi connectivity index (χ1n) is 10.4. The summed E-state index contributed by atoms with van der Waals surface area (Å²) in [6.07, 6.45) is 2.51. The number of hydrogen-bond acceptors (Lipinski definition) is 6. The number of aromatic hydroxyl groups is 1. The van der Waals surface area contributed by atoms with Crippen molar-refractivity contribution in [2.75, 3.05) is 19.0 Å². The minimum atomic E-state index is -0.886. The van der Waals surface area contributed by atoms with Crippen LogP contribution < -0.4 is 10.2 Å². The molecule has 2 aliphatic carbocycles. The molecule has 4 aliphatic rings. The fraction of sp³-hybridized carbons (Fsp3) is 0.435. The van der Waals surface area contributed by atoms with Gasteiger partial charge in [0.25, 0.3) is 0 Å². The summed E-state index contributed by atoms with van der Waals surface area (Å²) >= 11 is 0. The van der Waals surface area contributed by atoms with Crippen LogP contribution in [0.1, 0.15) is 30.4 Å². The molecular formula is C23H25N3O3. The van der Waals surface area contributed by atoms with E-state index in [1.165, 1.54) is 5.56 Å². The van der Waals surface area contributed by atoms with Gasteiger partial charge in [-0.1, -0.05) is 24.3 Å². The highest BCUT2D eigenvalue weighted by molar-refractivity contribution is 5.95. The third-order valence-corrected chi connectivity index (χ3v) is 7.65. The van der Waals surface area contributed by atoms with Crippen LogP contribution in [0.5, 0.6) is 11.5 Å². The largest absolute Gasteiger partial charge is 0.504 e. The van der Waals surface area contributed by atoms with Gasteiger partial charge in [-0.15, -0.1) is 0 Å². The molecule has 4 atom stereocenters. The third kappa shape index (κ3) is 2.05. The van der Waals surface area contributed by atoms with E-state index >= 15 is 0 Å². The molecule has 2 heterocycles. The number of hydrazone groups is 1. The van der Waals surface area contributed by atoms with Crippen molar-refractivity contribution in [3.8, 4) is 11.5 Å². The number of nitrogens with one attached hydrogen (secondary N) is 1. The molecule has 1 saturated heterocycles. The number of aliphatic hydroxyl groups is 1. The first kappa shape index (κ1) is 17.3. The Morgan fingerprint density at radius 2 is 2.00 bits per heavy atom. The minimum Gasteiger partial charge on any atom is -0.504 e. The number of phenolic OH excluding ortho intramolecular Hbond substituents is 1. The maximum Gasteiger partial charge on any atom is 0.166 e. The normalized spacial score (nSPS) is 35.9. The molecule has 0 amide bonds. The van der Waals surface area contributed by atoms with Crippen LogP contribution in [0.3, 0.4) is 0 Å². The van der Waals surface area contributed by atoms with Gasteiger partial charge in [0.1, 0.15) is 0 Å². The van der Waals surface area contributed by atoms with E-state index in [1.54, 1.807) is 6.07 Å². The van der Waals surface area contributed by atoms with E-state index in [9.17, 15) is 10.2 Å². The van der Waals surface area contributed by atoms with Crippen LogP contribution in [-0.2, 0) is 11.8 Å². The maximum atomic E-state index is 12.1. The zero-order valence-corrected chi connectivity index (χ0v) is 16.4. The monoisotopic (exact) mass is 391 g/mol. The van der Waals surface area contributed by atoms with Crippen molar-refractivity contribution in [2.45, 2.75) is 48.8 Å². The summed E-state index contributed by atoms with van der Waals surface area (Å²) in [7, 11) is 2.10. The number of phenols is 1. The average molecular weight is 391 g/mol. The summed E-state index contributed by atoms with van der Waals surface area (Å²) in [5.41, 5.74) is 5.74. The zero-order valence-electron chi connectivity index (χ0n) is 16.4. The van der Waals surface area contributed by atoms with Gasteiger partial charge in [-0.25, -0.2) is 0 Å². The summed E-state index contributed by atoms with van der Waals surface area (Å²) in [5.74, 6) is 0.700. The van der Waals surface area contributed by atoms with Crippen molar-refractivity contribution in [2.24, 2.45) is 5.10 Å². The number of hydrogen-bond donors (Lipinski definition) is 3. The number of piperidine rings is 1. The predicted molar refractivity (Wildman–Crippen MR) is 111 cm³/mol. The quantitative estimate of drug-likeness (QED) is 0.686. The molecule has 1 saturated carbocycles. The van der Waals surface area contributed by atoms with Gasteiger partial charge in [0.15, 0.2) is 17.6 Å². The number of rotatable bonds is 2. The molecule has 2 fully saturated rings. The molecule has 0 unspecified atom stereocenters. The van der Waals surface area contributed by atoms with Gasteiger partial charge in [0.2, 0.25) is 0 Å². The smallest absolute Gasteiger partial charge is 0.166 e. The molecule has 3 N–H and O–H groups in total. The number of anilines is 1. The van der Waals surface area contributed by atoms with Crippen LogP contribution in [0.25, 0.3) is 0 Å². The van der Waals surface area contributed by atoms with Crippen molar-refractivity contribution < 1.29 is 14.9 Å². The van der Waals surface area contributed by atoms with Gasteiger partial charge in [-0.2, -0.15) is 5.10 Å². The number of benzene rings is 2.